The fraction of sp³-hybridized carbons (Fsp3) is 0.500. The van der Waals surface area contributed by atoms with Crippen LogP contribution in [0.25, 0.3) is 0 Å². The normalized spacial score (nSPS) is 13.6. The Hall–Kier alpha value is -1.15. The molecule has 1 aromatic carbocycles. The summed E-state index contributed by atoms with van der Waals surface area (Å²) in [7, 11) is 1.81. The molecule has 0 aromatic heterocycles. The average molecular weight is 219 g/mol. The van der Waals surface area contributed by atoms with Crippen LogP contribution in [0.3, 0.4) is 0 Å². The van der Waals surface area contributed by atoms with Crippen LogP contribution in [0.4, 0.5) is 0 Å². The van der Waals surface area contributed by atoms with E-state index in [0.29, 0.717) is 0 Å². The van der Waals surface area contributed by atoms with Gasteiger partial charge in [-0.3, -0.25) is 0 Å². The number of aldehydes is 1. The van der Waals surface area contributed by atoms with Gasteiger partial charge in [-0.25, -0.2) is 0 Å². The minimum Gasteiger partial charge on any atom is -0.307 e. The smallest absolute Gasteiger partial charge is 0.141 e. The lowest BCUT2D eigenvalue weighted by atomic mass is 9.84. The first kappa shape index (κ1) is 12.9. The van der Waals surface area contributed by atoms with Gasteiger partial charge >= 0.3 is 0 Å². The van der Waals surface area contributed by atoms with Gasteiger partial charge in [-0.15, -0.1) is 0 Å². The second kappa shape index (κ2) is 4.79. The zero-order valence-electron chi connectivity index (χ0n) is 10.8. The number of nitrogens with one attached hydrogen (secondary N) is 1. The first-order valence-electron chi connectivity index (χ1n) is 5.63. The molecular formula is C14H21NO. The zero-order valence-corrected chi connectivity index (χ0v) is 10.8. The summed E-state index contributed by atoms with van der Waals surface area (Å²) < 4.78 is 0. The zero-order chi connectivity index (χ0) is 12.3. The van der Waals surface area contributed by atoms with Crippen molar-refractivity contribution < 1.29 is 4.79 Å². The third kappa shape index (κ3) is 2.70. The van der Waals surface area contributed by atoms with E-state index in [2.05, 4.69) is 44.3 Å². The predicted octanol–water partition coefficient (Wildman–Crippen LogP) is 2.75. The van der Waals surface area contributed by atoms with E-state index in [-0.39, 0.29) is 11.5 Å². The van der Waals surface area contributed by atoms with E-state index in [9.17, 15) is 4.79 Å². The fourth-order valence-corrected chi connectivity index (χ4v) is 1.74. The molecule has 0 aliphatic rings. The van der Waals surface area contributed by atoms with Crippen molar-refractivity contribution in [2.45, 2.75) is 39.2 Å². The summed E-state index contributed by atoms with van der Waals surface area (Å²) in [4.78, 5) is 11.0. The molecule has 0 heterocycles. The van der Waals surface area contributed by atoms with Gasteiger partial charge in [0.1, 0.15) is 6.29 Å². The second-order valence-corrected chi connectivity index (χ2v) is 5.22. The number of benzene rings is 1. The maximum absolute atomic E-state index is 11.0. The Balaban J connectivity index is 3.23. The molecule has 1 atom stereocenters. The highest BCUT2D eigenvalue weighted by Crippen LogP contribution is 2.26. The number of likely N-dealkylation sites (N-methyl/N-ethyl adjacent to an activating group) is 1. The van der Waals surface area contributed by atoms with Crippen molar-refractivity contribution in [3.8, 4) is 0 Å². The molecular weight excluding hydrogens is 198 g/mol. The van der Waals surface area contributed by atoms with E-state index < -0.39 is 0 Å². The van der Waals surface area contributed by atoms with Gasteiger partial charge in [-0.1, -0.05) is 39.0 Å². The topological polar surface area (TPSA) is 29.1 Å². The van der Waals surface area contributed by atoms with Gasteiger partial charge < -0.3 is 10.1 Å². The summed E-state index contributed by atoms with van der Waals surface area (Å²) in [6, 6.07) is 6.15. The Labute approximate surface area is 98.1 Å². The number of carbonyl (C=O) groups is 1. The van der Waals surface area contributed by atoms with Crippen LogP contribution in [0, 0.1) is 6.92 Å². The van der Waals surface area contributed by atoms with Crippen LogP contribution in [0.5, 0.6) is 0 Å². The van der Waals surface area contributed by atoms with E-state index in [1.807, 2.05) is 14.0 Å². The van der Waals surface area contributed by atoms with Crippen molar-refractivity contribution in [3.63, 3.8) is 0 Å². The number of aryl methyl sites for hydroxylation is 1. The molecule has 0 radical (unpaired) electrons. The van der Waals surface area contributed by atoms with Gasteiger partial charge in [0, 0.05) is 0 Å². The molecule has 1 rings (SSSR count). The van der Waals surface area contributed by atoms with Crippen molar-refractivity contribution >= 4 is 6.29 Å². The first-order valence-corrected chi connectivity index (χ1v) is 5.63. The van der Waals surface area contributed by atoms with Gasteiger partial charge in [0.05, 0.1) is 6.04 Å². The van der Waals surface area contributed by atoms with Crippen LogP contribution in [0.1, 0.15) is 43.5 Å². The summed E-state index contributed by atoms with van der Waals surface area (Å²) >= 11 is 0. The Morgan fingerprint density at radius 1 is 1.31 bits per heavy atom. The predicted molar refractivity (Wildman–Crippen MR) is 67.7 cm³/mol. The summed E-state index contributed by atoms with van der Waals surface area (Å²) in [5, 5.41) is 3.02. The highest BCUT2D eigenvalue weighted by molar-refractivity contribution is 5.63. The van der Waals surface area contributed by atoms with Crippen LogP contribution < -0.4 is 5.32 Å². The Bertz CT molecular complexity index is 377. The van der Waals surface area contributed by atoms with Crippen molar-refractivity contribution in [1.82, 2.24) is 5.32 Å². The minimum absolute atomic E-state index is 0.115. The van der Waals surface area contributed by atoms with Crippen molar-refractivity contribution in [2.24, 2.45) is 0 Å². The van der Waals surface area contributed by atoms with Gasteiger partial charge in [-0.2, -0.15) is 0 Å². The third-order valence-corrected chi connectivity index (χ3v) is 2.93. The number of rotatable bonds is 3. The van der Waals surface area contributed by atoms with E-state index in [4.69, 9.17) is 0 Å². The van der Waals surface area contributed by atoms with Crippen molar-refractivity contribution in [1.29, 1.82) is 0 Å². The van der Waals surface area contributed by atoms with Gasteiger partial charge in [-0.05, 0) is 36.1 Å². The summed E-state index contributed by atoms with van der Waals surface area (Å²) in [6.07, 6.45) is 0.953. The summed E-state index contributed by atoms with van der Waals surface area (Å²) in [5.74, 6) is 0. The molecule has 0 fully saturated rings. The Morgan fingerprint density at radius 3 is 2.38 bits per heavy atom. The third-order valence-electron chi connectivity index (χ3n) is 2.93. The summed E-state index contributed by atoms with van der Waals surface area (Å²) in [5.41, 5.74) is 3.60. The molecule has 0 aliphatic carbocycles. The summed E-state index contributed by atoms with van der Waals surface area (Å²) in [6.45, 7) is 8.57. The quantitative estimate of drug-likeness (QED) is 0.792. The molecule has 1 aromatic rings. The van der Waals surface area contributed by atoms with Crippen LogP contribution in [-0.4, -0.2) is 13.3 Å². The highest BCUT2D eigenvalue weighted by atomic mass is 16.1. The molecule has 0 saturated carbocycles. The van der Waals surface area contributed by atoms with Crippen LogP contribution in [-0.2, 0) is 10.2 Å². The maximum Gasteiger partial charge on any atom is 0.141 e. The van der Waals surface area contributed by atoms with Crippen molar-refractivity contribution in [2.75, 3.05) is 7.05 Å². The SMILES string of the molecule is CNC(C=O)c1cc(C(C)(C)C)ccc1C. The Kier molecular flexibility index (Phi) is 3.87. The van der Waals surface area contributed by atoms with Crippen molar-refractivity contribution in [3.05, 3.63) is 34.9 Å². The van der Waals surface area contributed by atoms with Crippen LogP contribution in [0.15, 0.2) is 18.2 Å². The molecule has 16 heavy (non-hydrogen) atoms. The highest BCUT2D eigenvalue weighted by Gasteiger charge is 2.17. The van der Waals surface area contributed by atoms with Gasteiger partial charge in [0.15, 0.2) is 0 Å². The second-order valence-electron chi connectivity index (χ2n) is 5.22. The lowest BCUT2D eigenvalue weighted by Crippen LogP contribution is -2.20. The largest absolute Gasteiger partial charge is 0.307 e. The Morgan fingerprint density at radius 2 is 1.94 bits per heavy atom. The fourth-order valence-electron chi connectivity index (χ4n) is 1.74. The molecule has 0 amide bonds. The lowest BCUT2D eigenvalue weighted by molar-refractivity contribution is -0.109. The monoisotopic (exact) mass is 219 g/mol. The van der Waals surface area contributed by atoms with Crippen LogP contribution >= 0.6 is 0 Å². The van der Waals surface area contributed by atoms with E-state index in [1.165, 1.54) is 5.56 Å². The maximum atomic E-state index is 11.0. The van der Waals surface area contributed by atoms with E-state index in [0.717, 1.165) is 17.4 Å². The molecule has 2 nitrogen and oxygen atoms in total. The molecule has 0 saturated heterocycles. The molecule has 1 N–H and O–H groups in total. The van der Waals surface area contributed by atoms with E-state index in [1.54, 1.807) is 0 Å². The number of carbonyl (C=O) groups excluding carboxylic acids is 1. The van der Waals surface area contributed by atoms with E-state index >= 15 is 0 Å². The van der Waals surface area contributed by atoms with Gasteiger partial charge in [0.25, 0.3) is 0 Å². The number of hydrogen-bond acceptors (Lipinski definition) is 2. The average Bonchev–Trinajstić information content (AvgIpc) is 2.20. The molecule has 2 heteroatoms. The first-order chi connectivity index (χ1) is 7.40. The standard InChI is InChI=1S/C14H21NO/c1-10-6-7-11(14(2,3)4)8-12(10)13(9-16)15-5/h6-9,13,15H,1-5H3. The molecule has 0 spiro atoms. The molecule has 1 unspecified atom stereocenters. The number of hydrogen-bond donors (Lipinski definition) is 1. The van der Waals surface area contributed by atoms with Gasteiger partial charge in [0.2, 0.25) is 0 Å². The molecule has 0 bridgehead atoms. The van der Waals surface area contributed by atoms with Crippen LogP contribution in [0.2, 0.25) is 0 Å². The molecule has 88 valence electrons. The minimum atomic E-state index is -0.206. The molecule has 0 aliphatic heterocycles. The lowest BCUT2D eigenvalue weighted by Gasteiger charge is -2.22.